The van der Waals surface area contributed by atoms with Crippen LogP contribution in [0, 0.1) is 5.82 Å². The van der Waals surface area contributed by atoms with E-state index in [0.717, 1.165) is 6.07 Å². The SMILES string of the molecule is N[C@H](CCC(F)(F)F)c1c(F)cccc1Cl. The van der Waals surface area contributed by atoms with Crippen molar-refractivity contribution in [3.63, 3.8) is 0 Å². The molecule has 0 bridgehead atoms. The number of rotatable bonds is 3. The summed E-state index contributed by atoms with van der Waals surface area (Å²) in [6.45, 7) is 0. The van der Waals surface area contributed by atoms with Gasteiger partial charge in [-0.15, -0.1) is 0 Å². The molecular formula is C10H10ClF4N. The maximum Gasteiger partial charge on any atom is 0.389 e. The van der Waals surface area contributed by atoms with Crippen molar-refractivity contribution in [2.75, 3.05) is 0 Å². The summed E-state index contributed by atoms with van der Waals surface area (Å²) < 4.78 is 49.1. The van der Waals surface area contributed by atoms with E-state index in [9.17, 15) is 17.6 Å². The highest BCUT2D eigenvalue weighted by Gasteiger charge is 2.28. The summed E-state index contributed by atoms with van der Waals surface area (Å²) in [6.07, 6.45) is -5.74. The van der Waals surface area contributed by atoms with Crippen LogP contribution in [0.5, 0.6) is 0 Å². The maximum absolute atomic E-state index is 13.3. The van der Waals surface area contributed by atoms with Crippen LogP contribution in [0.4, 0.5) is 17.6 Å². The minimum absolute atomic E-state index is 0.0506. The molecule has 0 radical (unpaired) electrons. The Morgan fingerprint density at radius 1 is 1.31 bits per heavy atom. The quantitative estimate of drug-likeness (QED) is 0.817. The van der Waals surface area contributed by atoms with Crippen molar-refractivity contribution in [2.45, 2.75) is 25.1 Å². The summed E-state index contributed by atoms with van der Waals surface area (Å²) >= 11 is 5.67. The number of hydrogen-bond donors (Lipinski definition) is 1. The van der Waals surface area contributed by atoms with Gasteiger partial charge in [-0.25, -0.2) is 4.39 Å². The van der Waals surface area contributed by atoms with E-state index in [1.54, 1.807) is 0 Å². The molecule has 0 amide bonds. The van der Waals surface area contributed by atoms with Crippen molar-refractivity contribution >= 4 is 11.6 Å². The predicted octanol–water partition coefficient (Wildman–Crippen LogP) is 3.82. The average molecular weight is 256 g/mol. The monoisotopic (exact) mass is 255 g/mol. The van der Waals surface area contributed by atoms with Crippen molar-refractivity contribution in [3.8, 4) is 0 Å². The first-order valence-corrected chi connectivity index (χ1v) is 4.95. The van der Waals surface area contributed by atoms with E-state index in [4.69, 9.17) is 17.3 Å². The molecule has 1 rings (SSSR count). The van der Waals surface area contributed by atoms with E-state index in [0.29, 0.717) is 0 Å². The second-order valence-corrected chi connectivity index (χ2v) is 3.80. The number of halogens is 5. The lowest BCUT2D eigenvalue weighted by Gasteiger charge is -2.15. The van der Waals surface area contributed by atoms with Gasteiger partial charge in [-0.1, -0.05) is 17.7 Å². The first-order valence-electron chi connectivity index (χ1n) is 4.57. The van der Waals surface area contributed by atoms with Crippen LogP contribution in [-0.2, 0) is 0 Å². The molecule has 16 heavy (non-hydrogen) atoms. The summed E-state index contributed by atoms with van der Waals surface area (Å²) in [7, 11) is 0. The van der Waals surface area contributed by atoms with Crippen molar-refractivity contribution in [2.24, 2.45) is 5.73 Å². The fourth-order valence-corrected chi connectivity index (χ4v) is 1.63. The zero-order valence-electron chi connectivity index (χ0n) is 8.19. The fraction of sp³-hybridized carbons (Fsp3) is 0.400. The molecule has 0 saturated heterocycles. The number of alkyl halides is 3. The minimum Gasteiger partial charge on any atom is -0.324 e. The summed E-state index contributed by atoms with van der Waals surface area (Å²) in [5.74, 6) is -0.679. The Labute approximate surface area is 95.2 Å². The zero-order chi connectivity index (χ0) is 12.3. The highest BCUT2D eigenvalue weighted by atomic mass is 35.5. The molecule has 0 fully saturated rings. The van der Waals surface area contributed by atoms with Crippen LogP contribution in [0.25, 0.3) is 0 Å². The maximum atomic E-state index is 13.3. The van der Waals surface area contributed by atoms with Gasteiger partial charge in [0.05, 0.1) is 0 Å². The minimum atomic E-state index is -4.30. The molecule has 0 heterocycles. The van der Waals surface area contributed by atoms with Gasteiger partial charge >= 0.3 is 6.18 Å². The van der Waals surface area contributed by atoms with Crippen LogP contribution in [0.3, 0.4) is 0 Å². The molecule has 90 valence electrons. The largest absolute Gasteiger partial charge is 0.389 e. The second-order valence-electron chi connectivity index (χ2n) is 3.40. The summed E-state index contributed by atoms with van der Waals surface area (Å²) in [4.78, 5) is 0. The molecule has 1 aromatic carbocycles. The van der Waals surface area contributed by atoms with E-state index in [-0.39, 0.29) is 17.0 Å². The topological polar surface area (TPSA) is 26.0 Å². The van der Waals surface area contributed by atoms with Gasteiger partial charge in [0.15, 0.2) is 0 Å². The summed E-state index contributed by atoms with van der Waals surface area (Å²) in [5, 5.41) is 0.0506. The molecule has 0 aliphatic rings. The van der Waals surface area contributed by atoms with Gasteiger partial charge in [0.25, 0.3) is 0 Å². The van der Waals surface area contributed by atoms with Crippen LogP contribution >= 0.6 is 11.6 Å². The Kier molecular flexibility index (Phi) is 4.15. The van der Waals surface area contributed by atoms with Crippen LogP contribution in [0.1, 0.15) is 24.4 Å². The first kappa shape index (κ1) is 13.3. The predicted molar refractivity (Wildman–Crippen MR) is 53.6 cm³/mol. The molecule has 0 spiro atoms. The Morgan fingerprint density at radius 2 is 1.94 bits per heavy atom. The third kappa shape index (κ3) is 3.64. The lowest BCUT2D eigenvalue weighted by molar-refractivity contribution is -0.136. The highest BCUT2D eigenvalue weighted by molar-refractivity contribution is 6.31. The van der Waals surface area contributed by atoms with Crippen LogP contribution in [-0.4, -0.2) is 6.18 Å². The van der Waals surface area contributed by atoms with Gasteiger partial charge in [-0.2, -0.15) is 13.2 Å². The zero-order valence-corrected chi connectivity index (χ0v) is 8.95. The Bertz CT molecular complexity index is 344. The molecule has 0 saturated carbocycles. The number of hydrogen-bond acceptors (Lipinski definition) is 1. The van der Waals surface area contributed by atoms with E-state index >= 15 is 0 Å². The van der Waals surface area contributed by atoms with Gasteiger partial charge in [0.1, 0.15) is 5.82 Å². The van der Waals surface area contributed by atoms with Crippen molar-refractivity contribution < 1.29 is 17.6 Å². The average Bonchev–Trinajstić information content (AvgIpc) is 2.13. The van der Waals surface area contributed by atoms with Crippen LogP contribution in [0.2, 0.25) is 5.02 Å². The van der Waals surface area contributed by atoms with Gasteiger partial charge in [-0.3, -0.25) is 0 Å². The van der Waals surface area contributed by atoms with Crippen molar-refractivity contribution in [1.29, 1.82) is 0 Å². The molecule has 1 atom stereocenters. The van der Waals surface area contributed by atoms with Gasteiger partial charge < -0.3 is 5.73 Å². The third-order valence-corrected chi connectivity index (χ3v) is 2.44. The molecule has 1 nitrogen and oxygen atoms in total. The van der Waals surface area contributed by atoms with Crippen LogP contribution in [0.15, 0.2) is 18.2 Å². The van der Waals surface area contributed by atoms with E-state index in [1.807, 2.05) is 0 Å². The van der Waals surface area contributed by atoms with Gasteiger partial charge in [0.2, 0.25) is 0 Å². The van der Waals surface area contributed by atoms with E-state index in [2.05, 4.69) is 0 Å². The number of nitrogens with two attached hydrogens (primary N) is 1. The van der Waals surface area contributed by atoms with Crippen LogP contribution < -0.4 is 5.73 Å². The first-order chi connectivity index (χ1) is 7.31. The van der Waals surface area contributed by atoms with Gasteiger partial charge in [-0.05, 0) is 18.6 Å². The number of benzene rings is 1. The molecule has 0 aromatic heterocycles. The molecule has 2 N–H and O–H groups in total. The second kappa shape index (κ2) is 5.01. The lowest BCUT2D eigenvalue weighted by atomic mass is 10.0. The standard InChI is InChI=1S/C10H10ClF4N/c11-6-2-1-3-7(12)9(6)8(16)4-5-10(13,14)15/h1-3,8H,4-5,16H2/t8-/m1/s1. The van der Waals surface area contributed by atoms with Gasteiger partial charge in [0, 0.05) is 23.0 Å². The summed E-state index contributed by atoms with van der Waals surface area (Å²) in [6, 6.07) is 2.84. The Hall–Kier alpha value is -0.810. The van der Waals surface area contributed by atoms with Crippen molar-refractivity contribution in [3.05, 3.63) is 34.6 Å². The highest BCUT2D eigenvalue weighted by Crippen LogP contribution is 2.30. The summed E-state index contributed by atoms with van der Waals surface area (Å²) in [5.41, 5.74) is 5.42. The fourth-order valence-electron chi connectivity index (χ4n) is 1.33. The van der Waals surface area contributed by atoms with E-state index < -0.39 is 24.5 Å². The Balaban J connectivity index is 2.77. The third-order valence-electron chi connectivity index (χ3n) is 2.11. The van der Waals surface area contributed by atoms with Crippen molar-refractivity contribution in [1.82, 2.24) is 0 Å². The molecule has 1 aromatic rings. The lowest BCUT2D eigenvalue weighted by Crippen LogP contribution is -2.17. The smallest absolute Gasteiger partial charge is 0.324 e. The Morgan fingerprint density at radius 3 is 2.44 bits per heavy atom. The molecule has 0 aliphatic carbocycles. The molecule has 0 aliphatic heterocycles. The normalized spacial score (nSPS) is 13.9. The molecule has 6 heteroatoms. The molecular weight excluding hydrogens is 246 g/mol. The molecule has 0 unspecified atom stereocenters. The van der Waals surface area contributed by atoms with E-state index in [1.165, 1.54) is 12.1 Å².